The van der Waals surface area contributed by atoms with E-state index in [4.69, 9.17) is 0 Å². The SMILES string of the molecule is CCN(C(=O)c1cc(NC)ccc1[N+](=O)[O-])C(C)C. The number of anilines is 1. The van der Waals surface area contributed by atoms with E-state index in [1.165, 1.54) is 12.1 Å². The highest BCUT2D eigenvalue weighted by Gasteiger charge is 2.25. The first-order valence-corrected chi connectivity index (χ1v) is 6.19. The summed E-state index contributed by atoms with van der Waals surface area (Å²) in [5.41, 5.74) is 0.629. The van der Waals surface area contributed by atoms with Crippen molar-refractivity contribution in [3.8, 4) is 0 Å². The molecule has 0 saturated carbocycles. The average Bonchev–Trinajstić information content (AvgIpc) is 2.38. The summed E-state index contributed by atoms with van der Waals surface area (Å²) in [5, 5.41) is 13.9. The standard InChI is InChI=1S/C13H19N3O3/c1-5-15(9(2)3)13(17)11-8-10(14-4)6-7-12(11)16(18)19/h6-9,14H,5H2,1-4H3. The number of carbonyl (C=O) groups is 1. The van der Waals surface area contributed by atoms with Gasteiger partial charge in [0.25, 0.3) is 11.6 Å². The molecule has 0 spiro atoms. The fraction of sp³-hybridized carbons (Fsp3) is 0.462. The quantitative estimate of drug-likeness (QED) is 0.655. The van der Waals surface area contributed by atoms with Crippen LogP contribution in [0.2, 0.25) is 0 Å². The molecule has 1 N–H and O–H groups in total. The highest BCUT2D eigenvalue weighted by atomic mass is 16.6. The molecule has 6 heteroatoms. The van der Waals surface area contributed by atoms with Gasteiger partial charge in [0.1, 0.15) is 5.56 Å². The van der Waals surface area contributed by atoms with Crippen LogP contribution in [0.15, 0.2) is 18.2 Å². The molecule has 0 aliphatic heterocycles. The van der Waals surface area contributed by atoms with Crippen molar-refractivity contribution in [2.75, 3.05) is 18.9 Å². The molecule has 0 aliphatic carbocycles. The molecule has 19 heavy (non-hydrogen) atoms. The molecule has 0 saturated heterocycles. The molecule has 1 amide bonds. The lowest BCUT2D eigenvalue weighted by Crippen LogP contribution is -2.37. The minimum absolute atomic E-state index is 0.00431. The second-order valence-electron chi connectivity index (χ2n) is 4.42. The van der Waals surface area contributed by atoms with Gasteiger partial charge in [-0.15, -0.1) is 0 Å². The number of nitro groups is 1. The van der Waals surface area contributed by atoms with Crippen LogP contribution in [0.1, 0.15) is 31.1 Å². The van der Waals surface area contributed by atoms with Crippen LogP contribution < -0.4 is 5.32 Å². The molecule has 1 aromatic rings. The molecule has 0 radical (unpaired) electrons. The lowest BCUT2D eigenvalue weighted by atomic mass is 10.1. The van der Waals surface area contributed by atoms with Gasteiger partial charge in [0.05, 0.1) is 4.92 Å². The van der Waals surface area contributed by atoms with Gasteiger partial charge in [-0.3, -0.25) is 14.9 Å². The van der Waals surface area contributed by atoms with Gasteiger partial charge >= 0.3 is 0 Å². The number of nitrogens with one attached hydrogen (secondary N) is 1. The van der Waals surface area contributed by atoms with Crippen LogP contribution in [-0.4, -0.2) is 35.4 Å². The van der Waals surface area contributed by atoms with Crippen molar-refractivity contribution in [3.63, 3.8) is 0 Å². The largest absolute Gasteiger partial charge is 0.388 e. The number of benzene rings is 1. The summed E-state index contributed by atoms with van der Waals surface area (Å²) in [6.45, 7) is 6.13. The smallest absolute Gasteiger partial charge is 0.282 e. The van der Waals surface area contributed by atoms with E-state index < -0.39 is 4.92 Å². The van der Waals surface area contributed by atoms with E-state index in [9.17, 15) is 14.9 Å². The number of rotatable bonds is 5. The summed E-state index contributed by atoms with van der Waals surface area (Å²) >= 11 is 0. The summed E-state index contributed by atoms with van der Waals surface area (Å²) in [6.07, 6.45) is 0. The summed E-state index contributed by atoms with van der Waals surface area (Å²) < 4.78 is 0. The van der Waals surface area contributed by atoms with Crippen LogP contribution in [0.3, 0.4) is 0 Å². The molecule has 0 aliphatic rings. The maximum Gasteiger partial charge on any atom is 0.282 e. The Morgan fingerprint density at radius 3 is 2.53 bits per heavy atom. The van der Waals surface area contributed by atoms with Crippen LogP contribution in [0.4, 0.5) is 11.4 Å². The second-order valence-corrected chi connectivity index (χ2v) is 4.42. The van der Waals surface area contributed by atoms with Gasteiger partial charge in [-0.2, -0.15) is 0 Å². The van der Waals surface area contributed by atoms with Crippen molar-refractivity contribution in [1.82, 2.24) is 4.90 Å². The maximum atomic E-state index is 12.4. The van der Waals surface area contributed by atoms with Crippen LogP contribution >= 0.6 is 0 Å². The van der Waals surface area contributed by atoms with E-state index in [1.807, 2.05) is 20.8 Å². The number of carbonyl (C=O) groups excluding carboxylic acids is 1. The number of hydrogen-bond acceptors (Lipinski definition) is 4. The van der Waals surface area contributed by atoms with Crippen LogP contribution in [0.25, 0.3) is 0 Å². The van der Waals surface area contributed by atoms with Gasteiger partial charge < -0.3 is 10.2 Å². The normalized spacial score (nSPS) is 10.4. The Morgan fingerprint density at radius 2 is 2.11 bits per heavy atom. The van der Waals surface area contributed by atoms with Crippen molar-refractivity contribution in [2.45, 2.75) is 26.8 Å². The van der Waals surface area contributed by atoms with E-state index in [-0.39, 0.29) is 23.2 Å². The zero-order chi connectivity index (χ0) is 14.6. The topological polar surface area (TPSA) is 75.5 Å². The summed E-state index contributed by atoms with van der Waals surface area (Å²) in [5.74, 6) is -0.318. The Bertz CT molecular complexity index is 486. The van der Waals surface area contributed by atoms with Gasteiger partial charge in [-0.1, -0.05) is 0 Å². The fourth-order valence-corrected chi connectivity index (χ4v) is 1.92. The van der Waals surface area contributed by atoms with Crippen LogP contribution in [0.5, 0.6) is 0 Å². The molecular weight excluding hydrogens is 246 g/mol. The molecule has 104 valence electrons. The molecule has 1 aromatic carbocycles. The van der Waals surface area contributed by atoms with Gasteiger partial charge in [0.2, 0.25) is 0 Å². The average molecular weight is 265 g/mol. The summed E-state index contributed by atoms with van der Waals surface area (Å²) in [6, 6.07) is 4.45. The molecule has 0 unspecified atom stereocenters. The zero-order valence-corrected chi connectivity index (χ0v) is 11.6. The van der Waals surface area contributed by atoms with E-state index >= 15 is 0 Å². The lowest BCUT2D eigenvalue weighted by molar-refractivity contribution is -0.385. The molecule has 0 heterocycles. The van der Waals surface area contributed by atoms with E-state index in [0.29, 0.717) is 12.2 Å². The monoisotopic (exact) mass is 265 g/mol. The molecule has 0 bridgehead atoms. The Kier molecular flexibility index (Phi) is 4.86. The number of hydrogen-bond donors (Lipinski definition) is 1. The van der Waals surface area contributed by atoms with Crippen molar-refractivity contribution in [2.24, 2.45) is 0 Å². The minimum atomic E-state index is -0.527. The summed E-state index contributed by atoms with van der Waals surface area (Å²) in [7, 11) is 1.70. The van der Waals surface area contributed by atoms with Crippen LogP contribution in [-0.2, 0) is 0 Å². The Morgan fingerprint density at radius 1 is 1.47 bits per heavy atom. The fourth-order valence-electron chi connectivity index (χ4n) is 1.92. The van der Waals surface area contributed by atoms with E-state index in [1.54, 1.807) is 18.0 Å². The summed E-state index contributed by atoms with van der Waals surface area (Å²) in [4.78, 5) is 24.5. The first-order valence-electron chi connectivity index (χ1n) is 6.19. The van der Waals surface area contributed by atoms with E-state index in [0.717, 1.165) is 0 Å². The Labute approximate surface area is 112 Å². The molecule has 0 atom stereocenters. The van der Waals surface area contributed by atoms with Crippen molar-refractivity contribution in [1.29, 1.82) is 0 Å². The predicted octanol–water partition coefficient (Wildman–Crippen LogP) is 2.51. The molecule has 0 fully saturated rings. The highest BCUT2D eigenvalue weighted by molar-refractivity contribution is 5.99. The van der Waals surface area contributed by atoms with Crippen molar-refractivity contribution < 1.29 is 9.72 Å². The van der Waals surface area contributed by atoms with Gasteiger partial charge in [0, 0.05) is 31.4 Å². The van der Waals surface area contributed by atoms with Crippen molar-refractivity contribution >= 4 is 17.3 Å². The minimum Gasteiger partial charge on any atom is -0.388 e. The van der Waals surface area contributed by atoms with Crippen LogP contribution in [0, 0.1) is 10.1 Å². The molecule has 1 rings (SSSR count). The zero-order valence-electron chi connectivity index (χ0n) is 11.6. The third-order valence-corrected chi connectivity index (χ3v) is 2.94. The van der Waals surface area contributed by atoms with Gasteiger partial charge in [-0.05, 0) is 32.9 Å². The predicted molar refractivity (Wildman–Crippen MR) is 74.5 cm³/mol. The number of nitrogens with zero attached hydrogens (tertiary/aromatic N) is 2. The highest BCUT2D eigenvalue weighted by Crippen LogP contribution is 2.24. The molecular formula is C13H19N3O3. The lowest BCUT2D eigenvalue weighted by Gasteiger charge is -2.25. The molecule has 6 nitrogen and oxygen atoms in total. The third kappa shape index (κ3) is 3.21. The molecule has 0 aromatic heterocycles. The first kappa shape index (κ1) is 14.9. The first-order chi connectivity index (χ1) is 8.92. The van der Waals surface area contributed by atoms with Gasteiger partial charge in [-0.25, -0.2) is 0 Å². The Hall–Kier alpha value is -2.11. The Balaban J connectivity index is 3.29. The number of amides is 1. The van der Waals surface area contributed by atoms with E-state index in [2.05, 4.69) is 5.32 Å². The second kappa shape index (κ2) is 6.17. The van der Waals surface area contributed by atoms with Crippen molar-refractivity contribution in [3.05, 3.63) is 33.9 Å². The number of nitro benzene ring substituents is 1. The van der Waals surface area contributed by atoms with Gasteiger partial charge in [0.15, 0.2) is 0 Å². The maximum absolute atomic E-state index is 12.4. The third-order valence-electron chi connectivity index (χ3n) is 2.94.